The molecule has 0 bridgehead atoms. The monoisotopic (exact) mass is 217 g/mol. The minimum absolute atomic E-state index is 0. The van der Waals surface area contributed by atoms with Crippen molar-refractivity contribution >= 4 is 12.4 Å². The van der Waals surface area contributed by atoms with Crippen LogP contribution < -0.4 is 5.73 Å². The third-order valence-corrected chi connectivity index (χ3v) is 2.10. The van der Waals surface area contributed by atoms with Crippen molar-refractivity contribution in [3.05, 3.63) is 35.6 Å². The van der Waals surface area contributed by atoms with E-state index in [1.807, 2.05) is 6.07 Å². The van der Waals surface area contributed by atoms with Gasteiger partial charge in [0.25, 0.3) is 0 Å². The van der Waals surface area contributed by atoms with Crippen molar-refractivity contribution in [1.82, 2.24) is 0 Å². The van der Waals surface area contributed by atoms with Crippen molar-refractivity contribution < 1.29 is 4.39 Å². The molecule has 0 aliphatic rings. The van der Waals surface area contributed by atoms with E-state index in [4.69, 9.17) is 5.73 Å². The Bertz CT molecular complexity index is 265. The fourth-order valence-electron chi connectivity index (χ4n) is 1.42. The van der Waals surface area contributed by atoms with Gasteiger partial charge >= 0.3 is 0 Å². The second kappa shape index (κ2) is 6.80. The lowest BCUT2D eigenvalue weighted by atomic mass is 10.0. The molecular weight excluding hydrogens is 201 g/mol. The standard InChI is InChI=1S/C11H16FN.ClH/c1-2-5-10(13)8-9-6-3-4-7-11(9)12;/h3-4,6-7,10H,2,5,8,13H2,1H3;1H/t10-;/m1./s1. The molecule has 3 heteroatoms. The van der Waals surface area contributed by atoms with Crippen LogP contribution in [-0.4, -0.2) is 6.04 Å². The van der Waals surface area contributed by atoms with Crippen LogP contribution >= 0.6 is 12.4 Å². The summed E-state index contributed by atoms with van der Waals surface area (Å²) in [6, 6.07) is 6.90. The highest BCUT2D eigenvalue weighted by Gasteiger charge is 2.06. The topological polar surface area (TPSA) is 26.0 Å². The summed E-state index contributed by atoms with van der Waals surface area (Å²) < 4.78 is 13.1. The summed E-state index contributed by atoms with van der Waals surface area (Å²) in [7, 11) is 0. The molecule has 2 N–H and O–H groups in total. The lowest BCUT2D eigenvalue weighted by Gasteiger charge is -2.10. The summed E-state index contributed by atoms with van der Waals surface area (Å²) in [5, 5.41) is 0. The zero-order valence-corrected chi connectivity index (χ0v) is 9.19. The Morgan fingerprint density at radius 1 is 1.36 bits per heavy atom. The maximum absolute atomic E-state index is 13.1. The molecule has 0 fully saturated rings. The maximum atomic E-state index is 13.1. The van der Waals surface area contributed by atoms with Crippen LogP contribution in [0.25, 0.3) is 0 Å². The molecule has 0 saturated carbocycles. The van der Waals surface area contributed by atoms with Gasteiger partial charge in [-0.3, -0.25) is 0 Å². The first-order chi connectivity index (χ1) is 6.24. The normalized spacial score (nSPS) is 11.9. The van der Waals surface area contributed by atoms with Crippen LogP contribution in [0.5, 0.6) is 0 Å². The Hall–Kier alpha value is -0.600. The van der Waals surface area contributed by atoms with Gasteiger partial charge in [-0.25, -0.2) is 4.39 Å². The molecule has 1 aromatic carbocycles. The number of halogens is 2. The van der Waals surface area contributed by atoms with E-state index in [1.54, 1.807) is 12.1 Å². The van der Waals surface area contributed by atoms with Gasteiger partial charge in [0.15, 0.2) is 0 Å². The van der Waals surface area contributed by atoms with Gasteiger partial charge in [0.2, 0.25) is 0 Å². The molecule has 0 radical (unpaired) electrons. The molecule has 14 heavy (non-hydrogen) atoms. The molecule has 1 rings (SSSR count). The van der Waals surface area contributed by atoms with Gasteiger partial charge in [0.05, 0.1) is 0 Å². The number of rotatable bonds is 4. The molecule has 0 aliphatic heterocycles. The Labute approximate surface area is 90.9 Å². The van der Waals surface area contributed by atoms with E-state index in [9.17, 15) is 4.39 Å². The molecular formula is C11H17ClFN. The quantitative estimate of drug-likeness (QED) is 0.825. The van der Waals surface area contributed by atoms with Crippen LogP contribution in [-0.2, 0) is 6.42 Å². The van der Waals surface area contributed by atoms with Crippen molar-refractivity contribution in [2.75, 3.05) is 0 Å². The van der Waals surface area contributed by atoms with E-state index in [0.29, 0.717) is 6.42 Å². The first kappa shape index (κ1) is 13.4. The Morgan fingerprint density at radius 2 is 2.00 bits per heavy atom. The van der Waals surface area contributed by atoms with E-state index in [2.05, 4.69) is 6.92 Å². The smallest absolute Gasteiger partial charge is 0.126 e. The zero-order valence-electron chi connectivity index (χ0n) is 8.37. The zero-order chi connectivity index (χ0) is 9.68. The van der Waals surface area contributed by atoms with Crippen molar-refractivity contribution in [2.24, 2.45) is 5.73 Å². The molecule has 0 aliphatic carbocycles. The lowest BCUT2D eigenvalue weighted by Crippen LogP contribution is -2.22. The highest BCUT2D eigenvalue weighted by molar-refractivity contribution is 5.85. The summed E-state index contributed by atoms with van der Waals surface area (Å²) >= 11 is 0. The number of hydrogen-bond donors (Lipinski definition) is 1. The van der Waals surface area contributed by atoms with E-state index < -0.39 is 0 Å². The Balaban J connectivity index is 0.00000169. The molecule has 1 atom stereocenters. The van der Waals surface area contributed by atoms with Crippen molar-refractivity contribution in [3.63, 3.8) is 0 Å². The third-order valence-electron chi connectivity index (χ3n) is 2.10. The summed E-state index contributed by atoms with van der Waals surface area (Å²) in [4.78, 5) is 0. The predicted molar refractivity (Wildman–Crippen MR) is 60.2 cm³/mol. The maximum Gasteiger partial charge on any atom is 0.126 e. The van der Waals surface area contributed by atoms with Crippen molar-refractivity contribution in [1.29, 1.82) is 0 Å². The second-order valence-electron chi connectivity index (χ2n) is 3.34. The average Bonchev–Trinajstić information content (AvgIpc) is 2.09. The van der Waals surface area contributed by atoms with Crippen LogP contribution in [0.2, 0.25) is 0 Å². The third kappa shape index (κ3) is 4.07. The van der Waals surface area contributed by atoms with Gasteiger partial charge in [0.1, 0.15) is 5.82 Å². The summed E-state index contributed by atoms with van der Waals surface area (Å²) in [5.41, 5.74) is 6.54. The lowest BCUT2D eigenvalue weighted by molar-refractivity contribution is 0.561. The van der Waals surface area contributed by atoms with E-state index in [0.717, 1.165) is 18.4 Å². The SMILES string of the molecule is CCC[C@@H](N)Cc1ccccc1F.Cl. The van der Waals surface area contributed by atoms with Crippen LogP contribution in [0.15, 0.2) is 24.3 Å². The molecule has 0 amide bonds. The molecule has 0 spiro atoms. The largest absolute Gasteiger partial charge is 0.327 e. The van der Waals surface area contributed by atoms with Gasteiger partial charge in [-0.05, 0) is 24.5 Å². The van der Waals surface area contributed by atoms with Gasteiger partial charge < -0.3 is 5.73 Å². The molecule has 80 valence electrons. The van der Waals surface area contributed by atoms with Crippen LogP contribution in [0, 0.1) is 5.82 Å². The van der Waals surface area contributed by atoms with Crippen LogP contribution in [0.1, 0.15) is 25.3 Å². The van der Waals surface area contributed by atoms with E-state index in [-0.39, 0.29) is 24.3 Å². The fourth-order valence-corrected chi connectivity index (χ4v) is 1.42. The van der Waals surface area contributed by atoms with E-state index >= 15 is 0 Å². The van der Waals surface area contributed by atoms with Crippen LogP contribution in [0.3, 0.4) is 0 Å². The molecule has 1 aromatic rings. The van der Waals surface area contributed by atoms with Crippen LogP contribution in [0.4, 0.5) is 4.39 Å². The summed E-state index contributed by atoms with van der Waals surface area (Å²) in [6.07, 6.45) is 2.64. The molecule has 0 saturated heterocycles. The number of nitrogens with two attached hydrogens (primary N) is 1. The predicted octanol–water partition coefficient (Wildman–Crippen LogP) is 2.92. The van der Waals surface area contributed by atoms with E-state index in [1.165, 1.54) is 6.07 Å². The van der Waals surface area contributed by atoms with Gasteiger partial charge in [-0.1, -0.05) is 31.5 Å². The fraction of sp³-hybridized carbons (Fsp3) is 0.455. The Kier molecular flexibility index (Phi) is 6.50. The Morgan fingerprint density at radius 3 is 2.57 bits per heavy atom. The minimum Gasteiger partial charge on any atom is -0.327 e. The molecule has 0 unspecified atom stereocenters. The first-order valence-corrected chi connectivity index (χ1v) is 4.73. The van der Waals surface area contributed by atoms with Gasteiger partial charge in [0, 0.05) is 6.04 Å². The first-order valence-electron chi connectivity index (χ1n) is 4.73. The highest BCUT2D eigenvalue weighted by Crippen LogP contribution is 2.10. The highest BCUT2D eigenvalue weighted by atomic mass is 35.5. The molecule has 0 aromatic heterocycles. The average molecular weight is 218 g/mol. The number of benzene rings is 1. The number of hydrogen-bond acceptors (Lipinski definition) is 1. The second-order valence-corrected chi connectivity index (χ2v) is 3.34. The van der Waals surface area contributed by atoms with Gasteiger partial charge in [-0.15, -0.1) is 12.4 Å². The molecule has 1 nitrogen and oxygen atoms in total. The van der Waals surface area contributed by atoms with Crippen molar-refractivity contribution in [3.8, 4) is 0 Å². The summed E-state index contributed by atoms with van der Waals surface area (Å²) in [5.74, 6) is -0.144. The van der Waals surface area contributed by atoms with Crippen molar-refractivity contribution in [2.45, 2.75) is 32.2 Å². The summed E-state index contributed by atoms with van der Waals surface area (Å²) in [6.45, 7) is 2.08. The molecule has 0 heterocycles. The van der Waals surface area contributed by atoms with Gasteiger partial charge in [-0.2, -0.15) is 0 Å². The minimum atomic E-state index is -0.144.